The van der Waals surface area contributed by atoms with Crippen LogP contribution in [0.4, 0.5) is 11.8 Å². The van der Waals surface area contributed by atoms with Crippen LogP contribution in [0.3, 0.4) is 0 Å². The summed E-state index contributed by atoms with van der Waals surface area (Å²) in [5.41, 5.74) is 4.82. The number of allylic oxidation sites excluding steroid dienone is 1. The molecular weight excluding hydrogens is 368 g/mol. The number of benzene rings is 2. The van der Waals surface area contributed by atoms with E-state index < -0.39 is 0 Å². The minimum Gasteiger partial charge on any atom is -0.362 e. The van der Waals surface area contributed by atoms with Crippen LogP contribution in [0.5, 0.6) is 0 Å². The summed E-state index contributed by atoms with van der Waals surface area (Å²) >= 11 is 0. The Hall–Kier alpha value is -2.88. The Morgan fingerprint density at radius 2 is 1.80 bits per heavy atom. The summed E-state index contributed by atoms with van der Waals surface area (Å²) in [6.07, 6.45) is 5.97. The number of aromatic nitrogens is 2. The number of hydrogen-bond acceptors (Lipinski definition) is 4. The van der Waals surface area contributed by atoms with E-state index >= 15 is 0 Å². The predicted molar refractivity (Wildman–Crippen MR) is 128 cm³/mol. The van der Waals surface area contributed by atoms with Crippen LogP contribution in [-0.4, -0.2) is 30.1 Å². The molecule has 0 radical (unpaired) electrons. The highest BCUT2D eigenvalue weighted by Gasteiger charge is 2.22. The maximum atomic E-state index is 4.80. The molecule has 30 heavy (non-hydrogen) atoms. The first-order valence-corrected chi connectivity index (χ1v) is 10.9. The van der Waals surface area contributed by atoms with Crippen molar-refractivity contribution < 1.29 is 0 Å². The second kappa shape index (κ2) is 8.86. The van der Waals surface area contributed by atoms with Gasteiger partial charge in [-0.2, -0.15) is 4.98 Å². The fourth-order valence-corrected chi connectivity index (χ4v) is 4.46. The first-order chi connectivity index (χ1) is 14.5. The maximum absolute atomic E-state index is 4.80. The Morgan fingerprint density at radius 3 is 2.53 bits per heavy atom. The molecule has 1 heterocycles. The number of para-hydroxylation sites is 1. The molecular formula is C26H32N4. The topological polar surface area (TPSA) is 41.1 Å². The van der Waals surface area contributed by atoms with Gasteiger partial charge in [-0.05, 0) is 68.2 Å². The van der Waals surface area contributed by atoms with E-state index in [-0.39, 0.29) is 0 Å². The normalized spacial score (nSPS) is 18.9. The zero-order valence-corrected chi connectivity index (χ0v) is 18.4. The monoisotopic (exact) mass is 400 g/mol. The van der Waals surface area contributed by atoms with Crippen LogP contribution in [0, 0.1) is 5.92 Å². The quantitative estimate of drug-likeness (QED) is 0.556. The van der Waals surface area contributed by atoms with Crippen molar-refractivity contribution in [3.8, 4) is 0 Å². The van der Waals surface area contributed by atoms with Gasteiger partial charge in [-0.15, -0.1) is 0 Å². The van der Waals surface area contributed by atoms with Crippen molar-refractivity contribution in [1.82, 2.24) is 9.97 Å². The number of rotatable bonds is 6. The molecule has 0 aliphatic heterocycles. The van der Waals surface area contributed by atoms with Crippen LogP contribution in [0.25, 0.3) is 16.5 Å². The van der Waals surface area contributed by atoms with E-state index in [0.717, 1.165) is 40.6 Å². The third-order valence-corrected chi connectivity index (χ3v) is 6.13. The smallest absolute Gasteiger partial charge is 0.225 e. The standard InChI is InChI=1S/C26H32N4/c1-18(2)21-9-7-8-20(17-21)16-19-12-14-22(15-13-19)27-26-28-24-11-6-5-10-23(24)25(29-26)30(3)4/h5-11,17,19,22H,1,12-16H2,2-4H3,(H,27,28,29). The third-order valence-electron chi connectivity index (χ3n) is 6.13. The second-order valence-corrected chi connectivity index (χ2v) is 8.83. The van der Waals surface area contributed by atoms with Gasteiger partial charge < -0.3 is 10.2 Å². The number of nitrogens with zero attached hydrogens (tertiary/aromatic N) is 3. The molecule has 1 saturated carbocycles. The van der Waals surface area contributed by atoms with Gasteiger partial charge in [0.1, 0.15) is 5.82 Å². The van der Waals surface area contributed by atoms with Gasteiger partial charge in [0, 0.05) is 25.5 Å². The van der Waals surface area contributed by atoms with E-state index in [9.17, 15) is 0 Å². The number of fused-ring (bicyclic) bond motifs is 1. The molecule has 0 amide bonds. The Morgan fingerprint density at radius 1 is 1.03 bits per heavy atom. The van der Waals surface area contributed by atoms with E-state index in [1.807, 2.05) is 26.2 Å². The summed E-state index contributed by atoms with van der Waals surface area (Å²) in [6, 6.07) is 17.5. The lowest BCUT2D eigenvalue weighted by Crippen LogP contribution is -2.28. The lowest BCUT2D eigenvalue weighted by atomic mass is 9.82. The van der Waals surface area contributed by atoms with Gasteiger partial charge in [-0.3, -0.25) is 0 Å². The molecule has 1 N–H and O–H groups in total. The van der Waals surface area contributed by atoms with Gasteiger partial charge in [0.15, 0.2) is 0 Å². The zero-order chi connectivity index (χ0) is 21.1. The average Bonchev–Trinajstić information content (AvgIpc) is 2.74. The van der Waals surface area contributed by atoms with Crippen LogP contribution in [0.1, 0.15) is 43.7 Å². The molecule has 2 aromatic carbocycles. The number of anilines is 2. The molecule has 1 aromatic heterocycles. The van der Waals surface area contributed by atoms with Gasteiger partial charge in [0.2, 0.25) is 5.95 Å². The predicted octanol–water partition coefficient (Wildman–Crippen LogP) is 5.94. The Kier molecular flexibility index (Phi) is 6.03. The molecule has 4 heteroatoms. The fraction of sp³-hybridized carbons (Fsp3) is 0.385. The van der Waals surface area contributed by atoms with E-state index in [2.05, 4.69) is 60.1 Å². The molecule has 0 atom stereocenters. The minimum absolute atomic E-state index is 0.444. The van der Waals surface area contributed by atoms with Crippen LogP contribution < -0.4 is 10.2 Å². The maximum Gasteiger partial charge on any atom is 0.225 e. The van der Waals surface area contributed by atoms with E-state index in [1.165, 1.54) is 36.8 Å². The summed E-state index contributed by atoms with van der Waals surface area (Å²) < 4.78 is 0. The van der Waals surface area contributed by atoms with Crippen molar-refractivity contribution in [2.75, 3.05) is 24.3 Å². The average molecular weight is 401 g/mol. The Bertz CT molecular complexity index is 1030. The van der Waals surface area contributed by atoms with Gasteiger partial charge in [-0.1, -0.05) is 48.6 Å². The van der Waals surface area contributed by atoms with Gasteiger partial charge in [0.25, 0.3) is 0 Å². The highest BCUT2D eigenvalue weighted by atomic mass is 15.2. The van der Waals surface area contributed by atoms with Crippen LogP contribution in [-0.2, 0) is 6.42 Å². The van der Waals surface area contributed by atoms with E-state index in [1.54, 1.807) is 0 Å². The summed E-state index contributed by atoms with van der Waals surface area (Å²) in [4.78, 5) is 11.6. The van der Waals surface area contributed by atoms with Gasteiger partial charge in [-0.25, -0.2) is 4.98 Å². The summed E-state index contributed by atoms with van der Waals surface area (Å²) in [5.74, 6) is 2.46. The lowest BCUT2D eigenvalue weighted by Gasteiger charge is -2.29. The minimum atomic E-state index is 0.444. The summed E-state index contributed by atoms with van der Waals surface area (Å²) in [5, 5.41) is 4.71. The van der Waals surface area contributed by atoms with Crippen molar-refractivity contribution in [3.05, 3.63) is 66.2 Å². The highest BCUT2D eigenvalue weighted by Crippen LogP contribution is 2.30. The molecule has 0 saturated heterocycles. The molecule has 4 rings (SSSR count). The third kappa shape index (κ3) is 4.64. The number of nitrogens with one attached hydrogen (secondary N) is 1. The SMILES string of the molecule is C=C(C)c1cccc(CC2CCC(Nc3nc(N(C)C)c4ccccc4n3)CC2)c1. The van der Waals surface area contributed by atoms with Crippen molar-refractivity contribution in [2.24, 2.45) is 5.92 Å². The lowest BCUT2D eigenvalue weighted by molar-refractivity contribution is 0.335. The molecule has 0 bridgehead atoms. The largest absolute Gasteiger partial charge is 0.362 e. The van der Waals surface area contributed by atoms with Crippen molar-refractivity contribution >= 4 is 28.2 Å². The zero-order valence-electron chi connectivity index (χ0n) is 18.4. The Labute approximate surface area is 180 Å². The van der Waals surface area contributed by atoms with Crippen molar-refractivity contribution in [1.29, 1.82) is 0 Å². The molecule has 0 spiro atoms. The van der Waals surface area contributed by atoms with Crippen molar-refractivity contribution in [3.63, 3.8) is 0 Å². The summed E-state index contributed by atoms with van der Waals surface area (Å²) in [7, 11) is 4.07. The first kappa shape index (κ1) is 20.4. The highest BCUT2D eigenvalue weighted by molar-refractivity contribution is 5.90. The number of hydrogen-bond donors (Lipinski definition) is 1. The summed E-state index contributed by atoms with van der Waals surface area (Å²) in [6.45, 7) is 6.15. The molecule has 1 aliphatic carbocycles. The Balaban J connectivity index is 1.39. The van der Waals surface area contributed by atoms with E-state index in [4.69, 9.17) is 9.97 Å². The molecule has 1 fully saturated rings. The molecule has 1 aliphatic rings. The van der Waals surface area contributed by atoms with Crippen LogP contribution in [0.15, 0.2) is 55.1 Å². The molecule has 0 unspecified atom stereocenters. The van der Waals surface area contributed by atoms with Gasteiger partial charge in [0.05, 0.1) is 5.52 Å². The molecule has 156 valence electrons. The first-order valence-electron chi connectivity index (χ1n) is 10.9. The van der Waals surface area contributed by atoms with Crippen LogP contribution in [0.2, 0.25) is 0 Å². The molecule has 4 nitrogen and oxygen atoms in total. The van der Waals surface area contributed by atoms with Crippen LogP contribution >= 0.6 is 0 Å². The van der Waals surface area contributed by atoms with Crippen molar-refractivity contribution in [2.45, 2.75) is 45.1 Å². The van der Waals surface area contributed by atoms with Gasteiger partial charge >= 0.3 is 0 Å². The molecule has 3 aromatic rings. The van der Waals surface area contributed by atoms with E-state index in [0.29, 0.717) is 6.04 Å². The second-order valence-electron chi connectivity index (χ2n) is 8.83. The fourth-order valence-electron chi connectivity index (χ4n) is 4.46.